The van der Waals surface area contributed by atoms with Crippen molar-refractivity contribution in [2.24, 2.45) is 5.92 Å². The van der Waals surface area contributed by atoms with E-state index >= 15 is 0 Å². The molecule has 2 heterocycles. The molecule has 0 unspecified atom stereocenters. The summed E-state index contributed by atoms with van der Waals surface area (Å²) in [5.74, 6) is 2.35. The van der Waals surface area contributed by atoms with E-state index in [0.717, 1.165) is 36.5 Å². The van der Waals surface area contributed by atoms with Crippen LogP contribution in [0.4, 0.5) is 0 Å². The zero-order valence-corrected chi connectivity index (χ0v) is 17.1. The number of aryl methyl sites for hydroxylation is 2. The van der Waals surface area contributed by atoms with E-state index in [-0.39, 0.29) is 5.63 Å². The maximum absolute atomic E-state index is 11.9. The maximum atomic E-state index is 11.9. The second kappa shape index (κ2) is 7.93. The molecule has 4 nitrogen and oxygen atoms in total. The third-order valence-electron chi connectivity index (χ3n) is 3.80. The average Bonchev–Trinajstić information content (AvgIpc) is 3.02. The molecule has 0 fully saturated rings. The van der Waals surface area contributed by atoms with E-state index in [2.05, 4.69) is 30.1 Å². The number of aromatic nitrogens is 2. The van der Waals surface area contributed by atoms with Gasteiger partial charge in [-0.05, 0) is 36.5 Å². The van der Waals surface area contributed by atoms with Crippen molar-refractivity contribution in [1.82, 2.24) is 10.2 Å². The number of hydrogen-bond donors (Lipinski definition) is 0. The largest absolute Gasteiger partial charge is 0.422 e. The fourth-order valence-corrected chi connectivity index (χ4v) is 5.32. The summed E-state index contributed by atoms with van der Waals surface area (Å²) in [6.45, 7) is 8.40. The molecule has 0 aliphatic rings. The highest BCUT2D eigenvalue weighted by Gasteiger charge is 2.12. The van der Waals surface area contributed by atoms with Gasteiger partial charge in [0.1, 0.15) is 5.58 Å². The molecule has 1 aromatic carbocycles. The van der Waals surface area contributed by atoms with Gasteiger partial charge in [-0.3, -0.25) is 0 Å². The van der Waals surface area contributed by atoms with Crippen LogP contribution >= 0.6 is 34.9 Å². The molecule has 0 bridgehead atoms. The predicted octanol–water partition coefficient (Wildman–Crippen LogP) is 5.30. The lowest BCUT2D eigenvalue weighted by atomic mass is 10.0. The second-order valence-corrected chi connectivity index (χ2v) is 9.77. The summed E-state index contributed by atoms with van der Waals surface area (Å²) in [5.41, 5.74) is 3.50. The van der Waals surface area contributed by atoms with Gasteiger partial charge in [0.15, 0.2) is 8.68 Å². The van der Waals surface area contributed by atoms with Crippen LogP contribution in [-0.2, 0) is 5.75 Å². The Kier molecular flexibility index (Phi) is 5.86. The van der Waals surface area contributed by atoms with Gasteiger partial charge in [0.2, 0.25) is 0 Å². The quantitative estimate of drug-likeness (QED) is 0.419. The zero-order chi connectivity index (χ0) is 18.0. The van der Waals surface area contributed by atoms with Gasteiger partial charge in [-0.25, -0.2) is 4.79 Å². The molecule has 0 saturated heterocycles. The van der Waals surface area contributed by atoms with E-state index in [1.807, 2.05) is 19.9 Å². The number of nitrogens with zero attached hydrogens (tertiary/aromatic N) is 2. The molecule has 3 aromatic rings. The summed E-state index contributed by atoms with van der Waals surface area (Å²) in [6.07, 6.45) is 0. The van der Waals surface area contributed by atoms with E-state index in [1.165, 1.54) is 0 Å². The molecule has 0 radical (unpaired) electrons. The van der Waals surface area contributed by atoms with Gasteiger partial charge in [-0.2, -0.15) is 0 Å². The summed E-state index contributed by atoms with van der Waals surface area (Å²) in [4.78, 5) is 11.9. The SMILES string of the molecule is Cc1ccc2c(CSc3nnc(SCC(C)C)s3)cc(=O)oc2c1C. The van der Waals surface area contributed by atoms with E-state index in [9.17, 15) is 4.79 Å². The van der Waals surface area contributed by atoms with Gasteiger partial charge >= 0.3 is 5.63 Å². The molecular weight excluding hydrogens is 372 g/mol. The first kappa shape index (κ1) is 18.5. The van der Waals surface area contributed by atoms with Gasteiger partial charge in [0.25, 0.3) is 0 Å². The lowest BCUT2D eigenvalue weighted by Gasteiger charge is -2.08. The highest BCUT2D eigenvalue weighted by atomic mass is 32.2. The van der Waals surface area contributed by atoms with Gasteiger partial charge in [-0.1, -0.05) is 60.8 Å². The Morgan fingerprint density at radius 2 is 1.88 bits per heavy atom. The topological polar surface area (TPSA) is 56.0 Å². The average molecular weight is 393 g/mol. The molecule has 25 heavy (non-hydrogen) atoms. The summed E-state index contributed by atoms with van der Waals surface area (Å²) in [5, 5.41) is 9.48. The molecule has 7 heteroatoms. The Hall–Kier alpha value is -1.31. The first-order valence-electron chi connectivity index (χ1n) is 8.06. The second-order valence-electron chi connectivity index (χ2n) is 6.30. The minimum Gasteiger partial charge on any atom is -0.422 e. The van der Waals surface area contributed by atoms with E-state index < -0.39 is 0 Å². The summed E-state index contributed by atoms with van der Waals surface area (Å²) < 4.78 is 7.36. The Morgan fingerprint density at radius 3 is 2.60 bits per heavy atom. The smallest absolute Gasteiger partial charge is 0.336 e. The highest BCUT2D eigenvalue weighted by Crippen LogP contribution is 2.33. The number of thioether (sulfide) groups is 2. The molecule has 0 saturated carbocycles. The first-order chi connectivity index (χ1) is 11.9. The van der Waals surface area contributed by atoms with Crippen molar-refractivity contribution in [3.63, 3.8) is 0 Å². The van der Waals surface area contributed by atoms with Crippen molar-refractivity contribution in [3.8, 4) is 0 Å². The number of benzene rings is 1. The Balaban J connectivity index is 1.80. The van der Waals surface area contributed by atoms with Crippen molar-refractivity contribution in [1.29, 1.82) is 0 Å². The van der Waals surface area contributed by atoms with Crippen molar-refractivity contribution in [3.05, 3.63) is 45.3 Å². The normalized spacial score (nSPS) is 11.6. The van der Waals surface area contributed by atoms with Crippen molar-refractivity contribution in [2.45, 2.75) is 42.1 Å². The molecule has 0 aliphatic carbocycles. The summed E-state index contributed by atoms with van der Waals surface area (Å²) in [6, 6.07) is 5.68. The standard InChI is InChI=1S/C18H20N2O2S3/c1-10(2)8-23-17-19-20-18(25-17)24-9-13-7-15(21)22-16-12(4)11(3)5-6-14(13)16/h5-7,10H,8-9H2,1-4H3. The van der Waals surface area contributed by atoms with Crippen LogP contribution in [0.1, 0.15) is 30.5 Å². The van der Waals surface area contributed by atoms with Gasteiger partial charge in [-0.15, -0.1) is 10.2 Å². The molecule has 132 valence electrons. The lowest BCUT2D eigenvalue weighted by molar-refractivity contribution is 0.557. The van der Waals surface area contributed by atoms with Crippen LogP contribution in [-0.4, -0.2) is 16.0 Å². The Morgan fingerprint density at radius 1 is 1.16 bits per heavy atom. The first-order valence-corrected chi connectivity index (χ1v) is 10.8. The van der Waals surface area contributed by atoms with Crippen LogP contribution in [0.5, 0.6) is 0 Å². The van der Waals surface area contributed by atoms with Crippen molar-refractivity contribution < 1.29 is 4.42 Å². The lowest BCUT2D eigenvalue weighted by Crippen LogP contribution is -2.01. The van der Waals surface area contributed by atoms with Crippen LogP contribution < -0.4 is 5.63 Å². The van der Waals surface area contributed by atoms with Crippen molar-refractivity contribution in [2.75, 3.05) is 5.75 Å². The van der Waals surface area contributed by atoms with Crippen LogP contribution in [0.15, 0.2) is 36.1 Å². The number of rotatable bonds is 6. The Bertz CT molecular complexity index is 947. The highest BCUT2D eigenvalue weighted by molar-refractivity contribution is 8.02. The van der Waals surface area contributed by atoms with Crippen LogP contribution in [0.3, 0.4) is 0 Å². The maximum Gasteiger partial charge on any atom is 0.336 e. The van der Waals surface area contributed by atoms with E-state index in [1.54, 1.807) is 40.9 Å². The third-order valence-corrected chi connectivity index (χ3v) is 7.46. The molecule has 2 aromatic heterocycles. The number of hydrogen-bond acceptors (Lipinski definition) is 7. The minimum atomic E-state index is -0.303. The Labute approximate surface area is 159 Å². The molecule has 0 amide bonds. The van der Waals surface area contributed by atoms with Crippen molar-refractivity contribution >= 4 is 45.8 Å². The molecular formula is C18H20N2O2S3. The fraction of sp³-hybridized carbons (Fsp3) is 0.389. The van der Waals surface area contributed by atoms with Crippen LogP contribution in [0.2, 0.25) is 0 Å². The minimum absolute atomic E-state index is 0.303. The van der Waals surface area contributed by atoms with Gasteiger partial charge < -0.3 is 4.42 Å². The molecule has 0 spiro atoms. The third kappa shape index (κ3) is 4.46. The van der Waals surface area contributed by atoms with Crippen LogP contribution in [0, 0.1) is 19.8 Å². The fourth-order valence-electron chi connectivity index (χ4n) is 2.34. The van der Waals surface area contributed by atoms with Gasteiger partial charge in [0.05, 0.1) is 0 Å². The predicted molar refractivity (Wildman–Crippen MR) is 107 cm³/mol. The van der Waals surface area contributed by atoms with E-state index in [4.69, 9.17) is 4.42 Å². The monoisotopic (exact) mass is 392 g/mol. The molecule has 0 atom stereocenters. The zero-order valence-electron chi connectivity index (χ0n) is 14.7. The van der Waals surface area contributed by atoms with Gasteiger partial charge in [0, 0.05) is 23.0 Å². The summed E-state index contributed by atoms with van der Waals surface area (Å²) in [7, 11) is 0. The number of fused-ring (bicyclic) bond motifs is 1. The molecule has 0 aliphatic heterocycles. The van der Waals surface area contributed by atoms with E-state index in [0.29, 0.717) is 17.3 Å². The summed E-state index contributed by atoms with van der Waals surface area (Å²) >= 11 is 4.97. The molecule has 3 rings (SSSR count). The van der Waals surface area contributed by atoms with Crippen LogP contribution in [0.25, 0.3) is 11.0 Å². The molecule has 0 N–H and O–H groups in total.